The van der Waals surface area contributed by atoms with Crippen molar-refractivity contribution in [2.75, 3.05) is 16.2 Å². The van der Waals surface area contributed by atoms with E-state index in [1.54, 1.807) is 0 Å². The highest BCUT2D eigenvalue weighted by Crippen LogP contribution is 2.34. The first-order valence-electron chi connectivity index (χ1n) is 8.73. The van der Waals surface area contributed by atoms with Gasteiger partial charge in [0, 0.05) is 12.4 Å². The predicted octanol–water partition coefficient (Wildman–Crippen LogP) is 4.07. The van der Waals surface area contributed by atoms with Crippen LogP contribution in [0, 0.1) is 5.82 Å². The Hall–Kier alpha value is -3.47. The molecular formula is C20H15F4N3O3S. The van der Waals surface area contributed by atoms with Crippen molar-refractivity contribution in [1.29, 1.82) is 0 Å². The lowest BCUT2D eigenvalue weighted by atomic mass is 10.1. The van der Waals surface area contributed by atoms with Gasteiger partial charge in [-0.05, 0) is 48.5 Å². The molecule has 1 aromatic heterocycles. The van der Waals surface area contributed by atoms with Crippen molar-refractivity contribution in [2.45, 2.75) is 11.1 Å². The maximum Gasteiger partial charge on any atom is 0.418 e. The average molecular weight is 453 g/mol. The van der Waals surface area contributed by atoms with E-state index >= 15 is 0 Å². The van der Waals surface area contributed by atoms with E-state index < -0.39 is 45.7 Å². The Labute approximate surface area is 175 Å². The van der Waals surface area contributed by atoms with Crippen LogP contribution in [0.4, 0.5) is 28.9 Å². The van der Waals surface area contributed by atoms with Crippen LogP contribution >= 0.6 is 0 Å². The molecular weight excluding hydrogens is 438 g/mol. The van der Waals surface area contributed by atoms with Gasteiger partial charge in [0.2, 0.25) is 5.91 Å². The monoisotopic (exact) mass is 453 g/mol. The smallest absolute Gasteiger partial charge is 0.324 e. The van der Waals surface area contributed by atoms with E-state index in [1.165, 1.54) is 24.4 Å². The van der Waals surface area contributed by atoms with E-state index in [0.717, 1.165) is 48.7 Å². The molecule has 0 aliphatic rings. The second kappa shape index (κ2) is 8.72. The number of alkyl halides is 3. The van der Waals surface area contributed by atoms with E-state index in [-0.39, 0.29) is 10.6 Å². The van der Waals surface area contributed by atoms with E-state index in [4.69, 9.17) is 0 Å². The number of carbonyl (C=O) groups excluding carboxylic acids is 1. The van der Waals surface area contributed by atoms with Crippen LogP contribution in [0.25, 0.3) is 0 Å². The lowest BCUT2D eigenvalue weighted by molar-refractivity contribution is -0.137. The Morgan fingerprint density at radius 1 is 1.00 bits per heavy atom. The van der Waals surface area contributed by atoms with E-state index in [0.29, 0.717) is 4.31 Å². The third kappa shape index (κ3) is 5.18. The van der Waals surface area contributed by atoms with Crippen molar-refractivity contribution < 1.29 is 30.8 Å². The number of nitrogens with zero attached hydrogens (tertiary/aromatic N) is 2. The van der Waals surface area contributed by atoms with Gasteiger partial charge in [0.25, 0.3) is 10.0 Å². The minimum atomic E-state index is -4.72. The minimum absolute atomic E-state index is 0.0514. The molecule has 0 bridgehead atoms. The van der Waals surface area contributed by atoms with Crippen LogP contribution in [-0.2, 0) is 21.0 Å². The second-order valence-electron chi connectivity index (χ2n) is 6.27. The molecule has 2 aromatic carbocycles. The molecule has 11 heteroatoms. The van der Waals surface area contributed by atoms with Gasteiger partial charge in [0.15, 0.2) is 0 Å². The zero-order chi connectivity index (χ0) is 22.6. The second-order valence-corrected chi connectivity index (χ2v) is 8.13. The predicted molar refractivity (Wildman–Crippen MR) is 105 cm³/mol. The highest BCUT2D eigenvalue weighted by molar-refractivity contribution is 7.92. The largest absolute Gasteiger partial charge is 0.418 e. The summed E-state index contributed by atoms with van der Waals surface area (Å²) < 4.78 is 79.6. The number of hydrogen-bond acceptors (Lipinski definition) is 4. The highest BCUT2D eigenvalue weighted by Gasteiger charge is 2.34. The third-order valence-corrected chi connectivity index (χ3v) is 5.89. The summed E-state index contributed by atoms with van der Waals surface area (Å²) in [7, 11) is -4.33. The number of para-hydroxylation sites is 1. The van der Waals surface area contributed by atoms with Gasteiger partial charge in [-0.2, -0.15) is 13.2 Å². The van der Waals surface area contributed by atoms with Gasteiger partial charge in [0.1, 0.15) is 17.3 Å². The maximum atomic E-state index is 13.3. The number of aromatic nitrogens is 1. The number of pyridine rings is 1. The lowest BCUT2D eigenvalue weighted by Gasteiger charge is -2.24. The van der Waals surface area contributed by atoms with Gasteiger partial charge in [-0.3, -0.25) is 14.1 Å². The molecule has 1 amide bonds. The minimum Gasteiger partial charge on any atom is -0.324 e. The molecule has 0 unspecified atom stereocenters. The van der Waals surface area contributed by atoms with Crippen LogP contribution in [-0.4, -0.2) is 25.9 Å². The molecule has 1 heterocycles. The van der Waals surface area contributed by atoms with Crippen LogP contribution in [0.2, 0.25) is 0 Å². The Morgan fingerprint density at radius 3 is 2.29 bits per heavy atom. The zero-order valence-electron chi connectivity index (χ0n) is 15.7. The van der Waals surface area contributed by atoms with Crippen molar-refractivity contribution in [2.24, 2.45) is 0 Å². The van der Waals surface area contributed by atoms with Crippen LogP contribution in [0.5, 0.6) is 0 Å². The van der Waals surface area contributed by atoms with Gasteiger partial charge in [-0.25, -0.2) is 12.8 Å². The van der Waals surface area contributed by atoms with Gasteiger partial charge in [0.05, 0.1) is 16.9 Å². The molecule has 0 aliphatic carbocycles. The number of carbonyl (C=O) groups is 1. The molecule has 0 spiro atoms. The summed E-state index contributed by atoms with van der Waals surface area (Å²) in [6.07, 6.45) is -2.31. The molecule has 6 nitrogen and oxygen atoms in total. The number of hydrogen-bond donors (Lipinski definition) is 1. The molecule has 31 heavy (non-hydrogen) atoms. The summed E-state index contributed by atoms with van der Waals surface area (Å²) >= 11 is 0. The lowest BCUT2D eigenvalue weighted by Crippen LogP contribution is -2.38. The first kappa shape index (κ1) is 22.2. The normalized spacial score (nSPS) is 11.7. The number of sulfonamides is 1. The summed E-state index contributed by atoms with van der Waals surface area (Å²) in [4.78, 5) is 16.0. The first-order valence-corrected chi connectivity index (χ1v) is 10.2. The Morgan fingerprint density at radius 2 is 1.68 bits per heavy atom. The Kier molecular flexibility index (Phi) is 6.25. The summed E-state index contributed by atoms with van der Waals surface area (Å²) in [5, 5.41) is 2.10. The van der Waals surface area contributed by atoms with Crippen LogP contribution in [0.1, 0.15) is 5.56 Å². The molecule has 3 aromatic rings. The van der Waals surface area contributed by atoms with Gasteiger partial charge >= 0.3 is 6.18 Å². The number of rotatable bonds is 6. The molecule has 1 N–H and O–H groups in total. The topological polar surface area (TPSA) is 79.4 Å². The number of nitrogens with one attached hydrogen (secondary N) is 1. The number of halogens is 4. The molecule has 0 saturated heterocycles. The highest BCUT2D eigenvalue weighted by atomic mass is 32.2. The molecule has 0 radical (unpaired) electrons. The van der Waals surface area contributed by atoms with Gasteiger partial charge in [-0.15, -0.1) is 0 Å². The molecule has 0 aliphatic heterocycles. The SMILES string of the molecule is O=C(CN(c1ccc(F)cc1)S(=O)(=O)c1cccnc1)Nc1ccccc1C(F)(F)F. The quantitative estimate of drug-likeness (QED) is 0.571. The number of amides is 1. The first-order chi connectivity index (χ1) is 14.6. The molecule has 162 valence electrons. The Balaban J connectivity index is 1.95. The van der Waals surface area contributed by atoms with Gasteiger partial charge < -0.3 is 5.32 Å². The van der Waals surface area contributed by atoms with Crippen molar-refractivity contribution in [1.82, 2.24) is 4.98 Å². The third-order valence-electron chi connectivity index (χ3n) is 4.13. The number of benzene rings is 2. The van der Waals surface area contributed by atoms with Crippen molar-refractivity contribution in [3.8, 4) is 0 Å². The molecule has 3 rings (SSSR count). The van der Waals surface area contributed by atoms with Crippen molar-refractivity contribution in [3.63, 3.8) is 0 Å². The maximum absolute atomic E-state index is 13.3. The van der Waals surface area contributed by atoms with Crippen molar-refractivity contribution >= 4 is 27.3 Å². The molecule has 0 saturated carbocycles. The van der Waals surface area contributed by atoms with Crippen LogP contribution in [0.3, 0.4) is 0 Å². The standard InChI is InChI=1S/C20H15F4N3O3S/c21-14-7-9-15(10-8-14)27(31(29,30)16-4-3-11-25-12-16)13-19(28)26-18-6-2-1-5-17(18)20(22,23)24/h1-12H,13H2,(H,26,28). The summed E-state index contributed by atoms with van der Waals surface area (Å²) in [5.74, 6) is -1.65. The molecule has 0 atom stereocenters. The van der Waals surface area contributed by atoms with Crippen molar-refractivity contribution in [3.05, 3.63) is 84.4 Å². The van der Waals surface area contributed by atoms with Crippen LogP contribution in [0.15, 0.2) is 78.0 Å². The van der Waals surface area contributed by atoms with E-state index in [1.807, 2.05) is 0 Å². The fraction of sp³-hybridized carbons (Fsp3) is 0.100. The number of anilines is 2. The summed E-state index contributed by atoms with van der Waals surface area (Å²) in [6, 6.07) is 11.2. The van der Waals surface area contributed by atoms with E-state index in [9.17, 15) is 30.8 Å². The molecule has 0 fully saturated rings. The fourth-order valence-electron chi connectivity index (χ4n) is 2.71. The zero-order valence-corrected chi connectivity index (χ0v) is 16.5. The summed E-state index contributed by atoms with van der Waals surface area (Å²) in [6.45, 7) is -0.852. The Bertz CT molecular complexity index is 1170. The van der Waals surface area contributed by atoms with Gasteiger partial charge in [-0.1, -0.05) is 12.1 Å². The summed E-state index contributed by atoms with van der Waals surface area (Å²) in [5.41, 5.74) is -1.64. The average Bonchev–Trinajstić information content (AvgIpc) is 2.73. The fourth-order valence-corrected chi connectivity index (χ4v) is 4.09. The van der Waals surface area contributed by atoms with Crippen LogP contribution < -0.4 is 9.62 Å². The van der Waals surface area contributed by atoms with E-state index in [2.05, 4.69) is 10.3 Å².